The fourth-order valence-electron chi connectivity index (χ4n) is 3.87. The normalized spacial score (nSPS) is 22.7. The topological polar surface area (TPSA) is 26.8 Å². The molecule has 2 heterocycles. The van der Waals surface area contributed by atoms with Crippen LogP contribution in [0.2, 0.25) is 0 Å². The summed E-state index contributed by atoms with van der Waals surface area (Å²) in [5.41, 5.74) is 0.814. The van der Waals surface area contributed by atoms with Crippen molar-refractivity contribution in [2.24, 2.45) is 0 Å². The molecule has 1 spiro atoms. The molecule has 0 aromatic heterocycles. The van der Waals surface area contributed by atoms with E-state index < -0.39 is 0 Å². The van der Waals surface area contributed by atoms with Gasteiger partial charge in [-0.2, -0.15) is 0 Å². The summed E-state index contributed by atoms with van der Waals surface area (Å²) in [6.07, 6.45) is 1.75. The van der Waals surface area contributed by atoms with Gasteiger partial charge in [0.2, 0.25) is 5.91 Å². The molecule has 126 valence electrons. The van der Waals surface area contributed by atoms with E-state index in [1.54, 1.807) is 0 Å². The maximum atomic E-state index is 13.0. The Morgan fingerprint density at radius 2 is 1.74 bits per heavy atom. The molecule has 23 heavy (non-hydrogen) atoms. The van der Waals surface area contributed by atoms with Crippen LogP contribution in [0.25, 0.3) is 0 Å². The molecule has 0 saturated carbocycles. The molecular weight excluding hydrogens is 293 g/mol. The molecule has 2 fully saturated rings. The zero-order chi connectivity index (χ0) is 16.4. The summed E-state index contributed by atoms with van der Waals surface area (Å²) >= 11 is 0. The molecule has 3 rings (SSSR count). The smallest absolute Gasteiger partial charge is 0.243 e. The Balaban J connectivity index is 1.64. The number of rotatable bonds is 3. The molecule has 5 heteroatoms. The van der Waals surface area contributed by atoms with Gasteiger partial charge in [0.1, 0.15) is 11.4 Å². The second-order valence-corrected chi connectivity index (χ2v) is 6.74. The van der Waals surface area contributed by atoms with Gasteiger partial charge in [-0.1, -0.05) is 12.1 Å². The molecule has 1 aromatic rings. The van der Waals surface area contributed by atoms with Crippen LogP contribution < -0.4 is 0 Å². The monoisotopic (exact) mass is 319 g/mol. The second-order valence-electron chi connectivity index (χ2n) is 6.74. The zero-order valence-corrected chi connectivity index (χ0v) is 14.1. The van der Waals surface area contributed by atoms with Gasteiger partial charge in [0.05, 0.1) is 0 Å². The average molecular weight is 319 g/mol. The number of benzene rings is 1. The molecule has 4 nitrogen and oxygen atoms in total. The number of piperazine rings is 1. The minimum Gasteiger partial charge on any atom is -0.340 e. The van der Waals surface area contributed by atoms with Crippen molar-refractivity contribution >= 4 is 5.91 Å². The Labute approximate surface area is 137 Å². The van der Waals surface area contributed by atoms with Crippen molar-refractivity contribution in [3.05, 3.63) is 35.6 Å². The highest BCUT2D eigenvalue weighted by Crippen LogP contribution is 2.33. The van der Waals surface area contributed by atoms with Crippen LogP contribution in [0, 0.1) is 5.82 Å². The van der Waals surface area contributed by atoms with E-state index in [2.05, 4.69) is 23.8 Å². The van der Waals surface area contributed by atoms with Crippen molar-refractivity contribution in [3.8, 4) is 0 Å². The third-order valence-electron chi connectivity index (χ3n) is 5.51. The molecule has 2 saturated heterocycles. The molecular formula is C18H26FN3O. The van der Waals surface area contributed by atoms with Gasteiger partial charge < -0.3 is 4.90 Å². The van der Waals surface area contributed by atoms with E-state index in [0.29, 0.717) is 5.91 Å². The minimum atomic E-state index is -0.312. The largest absolute Gasteiger partial charge is 0.340 e. The lowest BCUT2D eigenvalue weighted by Crippen LogP contribution is -2.67. The molecule has 0 atom stereocenters. The summed E-state index contributed by atoms with van der Waals surface area (Å²) in [5, 5.41) is 0. The molecule has 0 unspecified atom stereocenters. The fourth-order valence-corrected chi connectivity index (χ4v) is 3.87. The molecule has 0 radical (unpaired) electrons. The lowest BCUT2D eigenvalue weighted by molar-refractivity contribution is -0.154. The molecule has 0 N–H and O–H groups in total. The van der Waals surface area contributed by atoms with Crippen LogP contribution >= 0.6 is 0 Å². The first-order chi connectivity index (χ1) is 11.0. The molecule has 0 bridgehead atoms. The number of amides is 1. The van der Waals surface area contributed by atoms with E-state index in [1.165, 1.54) is 12.1 Å². The van der Waals surface area contributed by atoms with Crippen molar-refractivity contribution in [2.45, 2.75) is 31.8 Å². The molecule has 2 aliphatic rings. The number of likely N-dealkylation sites (tertiary alicyclic amines) is 1. The Morgan fingerprint density at radius 1 is 1.09 bits per heavy atom. The predicted molar refractivity (Wildman–Crippen MR) is 88.5 cm³/mol. The number of halogens is 1. The summed E-state index contributed by atoms with van der Waals surface area (Å²) < 4.78 is 13.0. The molecule has 2 aliphatic heterocycles. The Hall–Kier alpha value is -1.46. The lowest BCUT2D eigenvalue weighted by Gasteiger charge is -2.51. The predicted octanol–water partition coefficient (Wildman–Crippen LogP) is 1.95. The maximum Gasteiger partial charge on any atom is 0.243 e. The minimum absolute atomic E-state index is 0.194. The number of carbonyl (C=O) groups is 1. The van der Waals surface area contributed by atoms with Gasteiger partial charge in [-0.15, -0.1) is 0 Å². The van der Waals surface area contributed by atoms with Crippen LogP contribution in [0.1, 0.15) is 25.3 Å². The van der Waals surface area contributed by atoms with Gasteiger partial charge in [-0.25, -0.2) is 4.39 Å². The highest BCUT2D eigenvalue weighted by molar-refractivity contribution is 5.87. The van der Waals surface area contributed by atoms with Gasteiger partial charge in [0, 0.05) is 39.3 Å². The van der Waals surface area contributed by atoms with Crippen LogP contribution in [0.15, 0.2) is 24.3 Å². The summed E-state index contributed by atoms with van der Waals surface area (Å²) in [4.78, 5) is 19.5. The Bertz CT molecular complexity index is 552. The lowest BCUT2D eigenvalue weighted by atomic mass is 9.82. The van der Waals surface area contributed by atoms with E-state index >= 15 is 0 Å². The van der Waals surface area contributed by atoms with Crippen molar-refractivity contribution < 1.29 is 9.18 Å². The van der Waals surface area contributed by atoms with E-state index in [0.717, 1.165) is 57.7 Å². The molecule has 0 aliphatic carbocycles. The van der Waals surface area contributed by atoms with E-state index in [9.17, 15) is 9.18 Å². The van der Waals surface area contributed by atoms with E-state index in [1.807, 2.05) is 17.0 Å². The van der Waals surface area contributed by atoms with E-state index in [-0.39, 0.29) is 11.4 Å². The summed E-state index contributed by atoms with van der Waals surface area (Å²) in [6, 6.07) is 6.71. The average Bonchev–Trinajstić information content (AvgIpc) is 2.57. The number of piperidine rings is 1. The first-order valence-electron chi connectivity index (χ1n) is 8.52. The van der Waals surface area contributed by atoms with Crippen molar-refractivity contribution in [1.82, 2.24) is 14.7 Å². The number of hydrogen-bond donors (Lipinski definition) is 0. The molecule has 1 aromatic carbocycles. The summed E-state index contributed by atoms with van der Waals surface area (Å²) in [5.74, 6) is 0.107. The van der Waals surface area contributed by atoms with Crippen molar-refractivity contribution in [1.29, 1.82) is 0 Å². The van der Waals surface area contributed by atoms with E-state index in [4.69, 9.17) is 0 Å². The number of carbonyl (C=O) groups excluding carboxylic acids is 1. The fraction of sp³-hybridized carbons (Fsp3) is 0.611. The summed E-state index contributed by atoms with van der Waals surface area (Å²) in [6.45, 7) is 7.29. The Morgan fingerprint density at radius 3 is 2.35 bits per heavy atom. The van der Waals surface area contributed by atoms with Gasteiger partial charge in [-0.3, -0.25) is 14.6 Å². The van der Waals surface area contributed by atoms with Crippen molar-refractivity contribution in [2.75, 3.05) is 39.8 Å². The van der Waals surface area contributed by atoms with Crippen LogP contribution in [-0.4, -0.2) is 65.9 Å². The number of hydrogen-bond acceptors (Lipinski definition) is 3. The van der Waals surface area contributed by atoms with Crippen LogP contribution in [0.4, 0.5) is 4.39 Å². The second kappa shape index (κ2) is 6.57. The number of nitrogens with zero attached hydrogens (tertiary/aromatic N) is 3. The van der Waals surface area contributed by atoms with Crippen LogP contribution in [0.3, 0.4) is 0 Å². The van der Waals surface area contributed by atoms with Gasteiger partial charge >= 0.3 is 0 Å². The van der Waals surface area contributed by atoms with Crippen molar-refractivity contribution in [3.63, 3.8) is 0 Å². The highest BCUT2D eigenvalue weighted by Gasteiger charge is 2.48. The summed E-state index contributed by atoms with van der Waals surface area (Å²) in [7, 11) is 2.08. The zero-order valence-electron chi connectivity index (χ0n) is 14.1. The molecule has 1 amide bonds. The third-order valence-corrected chi connectivity index (χ3v) is 5.51. The quantitative estimate of drug-likeness (QED) is 0.852. The Kier molecular flexibility index (Phi) is 4.69. The maximum absolute atomic E-state index is 13.0. The third kappa shape index (κ3) is 3.12. The highest BCUT2D eigenvalue weighted by atomic mass is 19.1. The first-order valence-corrected chi connectivity index (χ1v) is 8.52. The van der Waals surface area contributed by atoms with Gasteiger partial charge in [-0.05, 0) is 44.5 Å². The van der Waals surface area contributed by atoms with Crippen LogP contribution in [0.5, 0.6) is 0 Å². The first kappa shape index (κ1) is 16.4. The standard InChI is InChI=1S/C18H26FN3O/c1-3-22-13-12-20(2)18(17(22)23)8-10-21(11-9-18)14-15-4-6-16(19)7-5-15/h4-7H,3,8-14H2,1-2H3. The van der Waals surface area contributed by atoms with Gasteiger partial charge in [0.15, 0.2) is 0 Å². The number of likely N-dealkylation sites (N-methyl/N-ethyl adjacent to an activating group) is 2. The van der Waals surface area contributed by atoms with Gasteiger partial charge in [0.25, 0.3) is 0 Å². The SMILES string of the molecule is CCN1CCN(C)C2(CCN(Cc3ccc(F)cc3)CC2)C1=O. The van der Waals surface area contributed by atoms with Crippen LogP contribution in [-0.2, 0) is 11.3 Å².